The van der Waals surface area contributed by atoms with Gasteiger partial charge >= 0.3 is 0 Å². The van der Waals surface area contributed by atoms with E-state index < -0.39 is 0 Å². The molecule has 0 aromatic heterocycles. The number of carbonyl (C=O) groups is 2. The lowest BCUT2D eigenvalue weighted by atomic mass is 10.00. The highest BCUT2D eigenvalue weighted by molar-refractivity contribution is 5.88. The molecule has 0 atom stereocenters. The molecule has 1 heterocycles. The summed E-state index contributed by atoms with van der Waals surface area (Å²) in [6.07, 6.45) is 2.20. The van der Waals surface area contributed by atoms with Crippen LogP contribution in [0.3, 0.4) is 0 Å². The Morgan fingerprint density at radius 1 is 1.09 bits per heavy atom. The van der Waals surface area contributed by atoms with E-state index in [0.29, 0.717) is 11.9 Å². The molecule has 22 heavy (non-hydrogen) atoms. The Bertz CT molecular complexity index is 412. The number of carbonyl (C=O) groups excluding carboxylic acids is 2. The molecule has 0 bridgehead atoms. The van der Waals surface area contributed by atoms with Gasteiger partial charge < -0.3 is 20.0 Å². The van der Waals surface area contributed by atoms with Crippen LogP contribution in [0.25, 0.3) is 0 Å². The maximum Gasteiger partial charge on any atom is 0.243 e. The van der Waals surface area contributed by atoms with Crippen LogP contribution in [0.2, 0.25) is 0 Å². The molecule has 7 nitrogen and oxygen atoms in total. The Kier molecular flexibility index (Phi) is 7.14. The van der Waals surface area contributed by atoms with E-state index in [4.69, 9.17) is 0 Å². The second-order valence-electron chi connectivity index (χ2n) is 6.24. The van der Waals surface area contributed by atoms with Crippen molar-refractivity contribution in [3.05, 3.63) is 0 Å². The van der Waals surface area contributed by atoms with Crippen LogP contribution in [0.4, 0.5) is 0 Å². The number of hydrogen-bond donors (Lipinski definition) is 1. The monoisotopic (exact) mass is 311 g/mol. The highest BCUT2D eigenvalue weighted by Crippen LogP contribution is 2.15. The van der Waals surface area contributed by atoms with Gasteiger partial charge in [0.15, 0.2) is 5.96 Å². The second kappa shape index (κ2) is 8.60. The number of likely N-dealkylation sites (N-methyl/N-ethyl adjacent to an activating group) is 2. The minimum atomic E-state index is -0.0522. The first-order valence-electron chi connectivity index (χ1n) is 7.74. The normalized spacial score (nSPS) is 16.4. The van der Waals surface area contributed by atoms with Crippen LogP contribution < -0.4 is 5.32 Å². The molecule has 1 fully saturated rings. The molecule has 1 rings (SSSR count). The summed E-state index contributed by atoms with van der Waals surface area (Å²) in [5.41, 5.74) is 0. The van der Waals surface area contributed by atoms with Gasteiger partial charge in [-0.25, -0.2) is 4.99 Å². The van der Waals surface area contributed by atoms with Crippen LogP contribution in [0, 0.1) is 5.92 Å². The molecule has 1 N–H and O–H groups in total. The Morgan fingerprint density at radius 3 is 2.14 bits per heavy atom. The number of hydrogen-bond acceptors (Lipinski definition) is 3. The number of piperidine rings is 1. The molecule has 1 aliphatic rings. The zero-order valence-electron chi connectivity index (χ0n) is 14.4. The number of nitrogens with one attached hydrogen (secondary N) is 1. The number of guanidine groups is 1. The van der Waals surface area contributed by atoms with E-state index in [2.05, 4.69) is 22.1 Å². The van der Waals surface area contributed by atoms with Crippen molar-refractivity contribution in [1.29, 1.82) is 0 Å². The highest BCUT2D eigenvalue weighted by Gasteiger charge is 2.20. The zero-order valence-corrected chi connectivity index (χ0v) is 14.4. The van der Waals surface area contributed by atoms with Crippen LogP contribution in [0.1, 0.15) is 19.8 Å². The van der Waals surface area contributed by atoms with Crippen molar-refractivity contribution < 1.29 is 9.59 Å². The van der Waals surface area contributed by atoms with Gasteiger partial charge in [-0.1, -0.05) is 6.92 Å². The number of rotatable bonds is 4. The summed E-state index contributed by atoms with van der Waals surface area (Å²) in [4.78, 5) is 33.0. The average molecular weight is 311 g/mol. The average Bonchev–Trinajstić information content (AvgIpc) is 2.47. The molecule has 0 aromatic carbocycles. The highest BCUT2D eigenvalue weighted by atomic mass is 16.2. The topological polar surface area (TPSA) is 68.2 Å². The maximum absolute atomic E-state index is 11.7. The summed E-state index contributed by atoms with van der Waals surface area (Å²) < 4.78 is 0. The summed E-state index contributed by atoms with van der Waals surface area (Å²) in [6.45, 7) is 4.33. The van der Waals surface area contributed by atoms with E-state index in [1.54, 1.807) is 28.2 Å². The fraction of sp³-hybridized carbons (Fsp3) is 0.800. The second-order valence-corrected chi connectivity index (χ2v) is 6.24. The molecule has 0 unspecified atom stereocenters. The van der Waals surface area contributed by atoms with Crippen LogP contribution in [0.15, 0.2) is 4.99 Å². The minimum absolute atomic E-state index is 0.0167. The van der Waals surface area contributed by atoms with Crippen LogP contribution >= 0.6 is 0 Å². The van der Waals surface area contributed by atoms with Crippen molar-refractivity contribution in [3.8, 4) is 0 Å². The number of likely N-dealkylation sites (tertiary alicyclic amines) is 1. The lowest BCUT2D eigenvalue weighted by molar-refractivity contribution is -0.127. The first-order valence-corrected chi connectivity index (χ1v) is 7.74. The van der Waals surface area contributed by atoms with Crippen molar-refractivity contribution in [3.63, 3.8) is 0 Å². The van der Waals surface area contributed by atoms with E-state index in [1.165, 1.54) is 9.80 Å². The standard InChI is InChI=1S/C15H29N5O2/c1-12-6-8-20(9-7-12)15(16-10-13(21)18(2)3)17-11-14(22)19(4)5/h12H,6-11H2,1-5H3,(H,16,17). The van der Waals surface area contributed by atoms with Crippen molar-refractivity contribution in [1.82, 2.24) is 20.0 Å². The van der Waals surface area contributed by atoms with E-state index in [-0.39, 0.29) is 24.9 Å². The molecule has 1 aliphatic heterocycles. The molecule has 7 heteroatoms. The lowest BCUT2D eigenvalue weighted by Gasteiger charge is -2.33. The maximum atomic E-state index is 11.7. The Labute approximate surface area is 133 Å². The van der Waals surface area contributed by atoms with Crippen LogP contribution in [-0.2, 0) is 9.59 Å². The quantitative estimate of drug-likeness (QED) is 0.579. The van der Waals surface area contributed by atoms with Gasteiger partial charge in [-0.05, 0) is 18.8 Å². The summed E-state index contributed by atoms with van der Waals surface area (Å²) in [7, 11) is 6.87. The lowest BCUT2D eigenvalue weighted by Crippen LogP contribution is -2.48. The molecule has 126 valence electrons. The van der Waals surface area contributed by atoms with E-state index in [0.717, 1.165) is 25.9 Å². The SMILES string of the molecule is CC1CCN(C(=NCC(=O)N(C)C)NCC(=O)N(C)C)CC1. The number of amides is 2. The predicted octanol–water partition coefficient (Wildman–Crippen LogP) is -0.160. The summed E-state index contributed by atoms with van der Waals surface area (Å²) in [6, 6.07) is 0. The van der Waals surface area contributed by atoms with Gasteiger partial charge in [0.2, 0.25) is 11.8 Å². The molecule has 0 radical (unpaired) electrons. The Hall–Kier alpha value is -1.79. The summed E-state index contributed by atoms with van der Waals surface area (Å²) in [5, 5.41) is 3.09. The molecular formula is C15H29N5O2. The van der Waals surface area contributed by atoms with Gasteiger partial charge in [0.25, 0.3) is 0 Å². The van der Waals surface area contributed by atoms with Gasteiger partial charge in [-0.15, -0.1) is 0 Å². The number of aliphatic imine (C=N–C) groups is 1. The van der Waals surface area contributed by atoms with Crippen LogP contribution in [-0.4, -0.2) is 86.8 Å². The molecule has 2 amide bonds. The van der Waals surface area contributed by atoms with Gasteiger partial charge in [-0.2, -0.15) is 0 Å². The molecule has 0 saturated carbocycles. The molecular weight excluding hydrogens is 282 g/mol. The smallest absolute Gasteiger partial charge is 0.243 e. The van der Waals surface area contributed by atoms with Crippen molar-refractivity contribution >= 4 is 17.8 Å². The van der Waals surface area contributed by atoms with Gasteiger partial charge in [0.1, 0.15) is 6.54 Å². The fourth-order valence-electron chi connectivity index (χ4n) is 2.08. The fourth-order valence-corrected chi connectivity index (χ4v) is 2.08. The zero-order chi connectivity index (χ0) is 16.7. The van der Waals surface area contributed by atoms with Gasteiger partial charge in [-0.3, -0.25) is 9.59 Å². The van der Waals surface area contributed by atoms with Crippen LogP contribution in [0.5, 0.6) is 0 Å². The van der Waals surface area contributed by atoms with Gasteiger partial charge in [0.05, 0.1) is 6.54 Å². The first-order chi connectivity index (χ1) is 10.3. The molecule has 0 aliphatic carbocycles. The van der Waals surface area contributed by atoms with Crippen molar-refractivity contribution in [2.75, 3.05) is 54.4 Å². The van der Waals surface area contributed by atoms with Crippen molar-refractivity contribution in [2.24, 2.45) is 10.9 Å². The molecule has 0 spiro atoms. The largest absolute Gasteiger partial charge is 0.347 e. The third kappa shape index (κ3) is 5.91. The minimum Gasteiger partial charge on any atom is -0.347 e. The first kappa shape index (κ1) is 18.3. The van der Waals surface area contributed by atoms with E-state index >= 15 is 0 Å². The molecule has 0 aromatic rings. The van der Waals surface area contributed by atoms with E-state index in [9.17, 15) is 9.59 Å². The van der Waals surface area contributed by atoms with E-state index in [1.807, 2.05) is 0 Å². The van der Waals surface area contributed by atoms with Gasteiger partial charge in [0, 0.05) is 41.3 Å². The third-order valence-electron chi connectivity index (χ3n) is 3.84. The predicted molar refractivity (Wildman–Crippen MR) is 87.7 cm³/mol. The number of nitrogens with zero attached hydrogens (tertiary/aromatic N) is 4. The Balaban J connectivity index is 2.69. The third-order valence-corrected chi connectivity index (χ3v) is 3.84. The molecule has 1 saturated heterocycles. The summed E-state index contributed by atoms with van der Waals surface area (Å²) in [5.74, 6) is 1.29. The summed E-state index contributed by atoms with van der Waals surface area (Å²) >= 11 is 0. The van der Waals surface area contributed by atoms with Crippen molar-refractivity contribution in [2.45, 2.75) is 19.8 Å². The Morgan fingerprint density at radius 2 is 1.64 bits per heavy atom.